The normalized spacial score (nSPS) is 35.4. The van der Waals surface area contributed by atoms with E-state index in [4.69, 9.17) is 0 Å². The first-order chi connectivity index (χ1) is 9.50. The highest BCUT2D eigenvalue weighted by Gasteiger charge is 2.57. The lowest BCUT2D eigenvalue weighted by Gasteiger charge is -2.62. The Balaban J connectivity index is 1.71. The lowest BCUT2D eigenvalue weighted by atomic mass is 9.43. The van der Waals surface area contributed by atoms with Crippen molar-refractivity contribution in [2.75, 3.05) is 0 Å². The van der Waals surface area contributed by atoms with Gasteiger partial charge in [-0.25, -0.2) is 0 Å². The van der Waals surface area contributed by atoms with E-state index in [-0.39, 0.29) is 0 Å². The van der Waals surface area contributed by atoms with Gasteiger partial charge in [0.1, 0.15) is 6.10 Å². The number of aliphatic hydroxyl groups excluding tert-OH is 1. The van der Waals surface area contributed by atoms with Crippen molar-refractivity contribution < 1.29 is 5.11 Å². The molecule has 3 aliphatic carbocycles. The van der Waals surface area contributed by atoms with E-state index in [1.807, 2.05) is 30.3 Å². The number of hydrogen-bond acceptors (Lipinski definition) is 1. The predicted octanol–water partition coefficient (Wildman–Crippen LogP) is 3.72. The van der Waals surface area contributed by atoms with E-state index in [9.17, 15) is 5.11 Å². The van der Waals surface area contributed by atoms with Crippen LogP contribution in [-0.4, -0.2) is 11.2 Å². The second-order valence-corrected chi connectivity index (χ2v) is 7.20. The summed E-state index contributed by atoms with van der Waals surface area (Å²) in [6, 6.07) is 9.93. The highest BCUT2D eigenvalue weighted by molar-refractivity contribution is 5.34. The molecule has 1 aromatic rings. The molecule has 106 valence electrons. The summed E-state index contributed by atoms with van der Waals surface area (Å²) in [4.78, 5) is 0. The second kappa shape index (κ2) is 4.93. The molecule has 2 bridgehead atoms. The molecule has 0 heterocycles. The fourth-order valence-corrected chi connectivity index (χ4v) is 4.39. The Hall–Kier alpha value is -1.26. The summed E-state index contributed by atoms with van der Waals surface area (Å²) in [5.41, 5.74) is 1.46. The number of benzene rings is 1. The van der Waals surface area contributed by atoms with Crippen molar-refractivity contribution in [3.8, 4) is 11.8 Å². The van der Waals surface area contributed by atoms with Gasteiger partial charge in [-0.3, -0.25) is 0 Å². The fraction of sp³-hybridized carbons (Fsp3) is 0.579. The highest BCUT2D eigenvalue weighted by Crippen LogP contribution is 2.63. The monoisotopic (exact) mass is 268 g/mol. The first-order valence-electron chi connectivity index (χ1n) is 7.75. The van der Waals surface area contributed by atoms with Gasteiger partial charge in [-0.2, -0.15) is 0 Å². The van der Waals surface area contributed by atoms with Gasteiger partial charge in [0, 0.05) is 5.56 Å². The van der Waals surface area contributed by atoms with Crippen LogP contribution < -0.4 is 0 Å². The standard InChI is InChI=1S/C19H24O/c1-13-16(11-15-12-17(13)19(15,2)3)18(20)10-9-14-7-5-4-6-8-14/h4-8,13,15-18,20H,11-12H2,1-3H3/t13?,15-,16?,17-,18?/m0/s1. The largest absolute Gasteiger partial charge is 0.380 e. The maximum atomic E-state index is 10.4. The van der Waals surface area contributed by atoms with Crippen LogP contribution in [0.5, 0.6) is 0 Å². The molecule has 3 aliphatic rings. The van der Waals surface area contributed by atoms with E-state index in [0.717, 1.165) is 23.8 Å². The third kappa shape index (κ3) is 2.17. The van der Waals surface area contributed by atoms with Gasteiger partial charge in [-0.1, -0.05) is 50.8 Å². The van der Waals surface area contributed by atoms with E-state index in [2.05, 4.69) is 32.6 Å². The van der Waals surface area contributed by atoms with Crippen LogP contribution in [0.1, 0.15) is 39.2 Å². The molecule has 0 aliphatic heterocycles. The third-order valence-electron chi connectivity index (χ3n) is 5.96. The highest BCUT2D eigenvalue weighted by atomic mass is 16.3. The van der Waals surface area contributed by atoms with Gasteiger partial charge < -0.3 is 5.11 Å². The number of fused-ring (bicyclic) bond motifs is 2. The molecule has 4 rings (SSSR count). The molecule has 0 radical (unpaired) electrons. The van der Waals surface area contributed by atoms with Crippen molar-refractivity contribution in [3.63, 3.8) is 0 Å². The van der Waals surface area contributed by atoms with Gasteiger partial charge in [0.15, 0.2) is 0 Å². The van der Waals surface area contributed by atoms with Crippen molar-refractivity contribution >= 4 is 0 Å². The quantitative estimate of drug-likeness (QED) is 0.770. The molecule has 1 aromatic carbocycles. The molecule has 1 nitrogen and oxygen atoms in total. The van der Waals surface area contributed by atoms with Gasteiger partial charge in [0.2, 0.25) is 0 Å². The average Bonchev–Trinajstić information content (AvgIpc) is 2.45. The zero-order valence-corrected chi connectivity index (χ0v) is 12.6. The van der Waals surface area contributed by atoms with Gasteiger partial charge >= 0.3 is 0 Å². The van der Waals surface area contributed by atoms with E-state index in [1.165, 1.54) is 6.42 Å². The zero-order chi connectivity index (χ0) is 14.3. The minimum Gasteiger partial charge on any atom is -0.380 e. The molecule has 5 atom stereocenters. The van der Waals surface area contributed by atoms with Gasteiger partial charge in [0.25, 0.3) is 0 Å². The van der Waals surface area contributed by atoms with Crippen molar-refractivity contribution in [3.05, 3.63) is 35.9 Å². The van der Waals surface area contributed by atoms with E-state index >= 15 is 0 Å². The molecule has 3 saturated carbocycles. The van der Waals surface area contributed by atoms with Crippen molar-refractivity contribution in [1.29, 1.82) is 0 Å². The van der Waals surface area contributed by atoms with Crippen molar-refractivity contribution in [2.24, 2.45) is 29.1 Å². The molecule has 0 spiro atoms. The summed E-state index contributed by atoms with van der Waals surface area (Å²) >= 11 is 0. The maximum absolute atomic E-state index is 10.4. The molecule has 0 saturated heterocycles. The number of hydrogen-bond donors (Lipinski definition) is 1. The first-order valence-corrected chi connectivity index (χ1v) is 7.75. The molecule has 1 N–H and O–H groups in total. The summed E-state index contributed by atoms with van der Waals surface area (Å²) in [6.07, 6.45) is 2.00. The maximum Gasteiger partial charge on any atom is 0.118 e. The topological polar surface area (TPSA) is 20.2 Å². The van der Waals surface area contributed by atoms with Crippen LogP contribution in [0.3, 0.4) is 0 Å². The van der Waals surface area contributed by atoms with Crippen LogP contribution >= 0.6 is 0 Å². The molecular weight excluding hydrogens is 244 g/mol. The van der Waals surface area contributed by atoms with Crippen LogP contribution in [0.25, 0.3) is 0 Å². The Morgan fingerprint density at radius 2 is 1.90 bits per heavy atom. The SMILES string of the molecule is CC1C(C(O)C#Cc2ccccc2)C[C@H]2C[C@@H]1C2(C)C. The summed E-state index contributed by atoms with van der Waals surface area (Å²) in [6.45, 7) is 7.08. The Labute approximate surface area is 122 Å². The molecule has 3 unspecified atom stereocenters. The number of rotatable bonds is 1. The zero-order valence-electron chi connectivity index (χ0n) is 12.6. The molecule has 0 amide bonds. The van der Waals surface area contributed by atoms with Crippen LogP contribution in [0.4, 0.5) is 0 Å². The van der Waals surface area contributed by atoms with Gasteiger partial charge in [-0.15, -0.1) is 0 Å². The Morgan fingerprint density at radius 1 is 1.20 bits per heavy atom. The first kappa shape index (κ1) is 13.7. The fourth-order valence-electron chi connectivity index (χ4n) is 4.39. The average molecular weight is 268 g/mol. The van der Waals surface area contributed by atoms with Crippen LogP contribution in [0, 0.1) is 40.9 Å². The molecule has 0 aromatic heterocycles. The summed E-state index contributed by atoms with van der Waals surface area (Å²) in [5.74, 6) is 8.66. The van der Waals surface area contributed by atoms with E-state index in [1.54, 1.807) is 0 Å². The smallest absolute Gasteiger partial charge is 0.118 e. The Bertz CT molecular complexity index is 534. The number of aliphatic hydroxyl groups is 1. The third-order valence-corrected chi connectivity index (χ3v) is 5.96. The minimum atomic E-state index is -0.480. The minimum absolute atomic E-state index is 0.350. The van der Waals surface area contributed by atoms with Crippen molar-refractivity contribution in [2.45, 2.75) is 39.7 Å². The van der Waals surface area contributed by atoms with Crippen LogP contribution in [0.2, 0.25) is 0 Å². The Kier molecular flexibility index (Phi) is 3.38. The van der Waals surface area contributed by atoms with Crippen LogP contribution in [0.15, 0.2) is 30.3 Å². The van der Waals surface area contributed by atoms with E-state index < -0.39 is 6.10 Å². The van der Waals surface area contributed by atoms with Crippen molar-refractivity contribution in [1.82, 2.24) is 0 Å². The second-order valence-electron chi connectivity index (χ2n) is 7.20. The molecule has 1 heteroatoms. The molecule has 3 fully saturated rings. The van der Waals surface area contributed by atoms with Crippen LogP contribution in [-0.2, 0) is 0 Å². The Morgan fingerprint density at radius 3 is 2.50 bits per heavy atom. The van der Waals surface area contributed by atoms with E-state index in [0.29, 0.717) is 17.3 Å². The summed E-state index contributed by atoms with van der Waals surface area (Å²) < 4.78 is 0. The lowest BCUT2D eigenvalue weighted by molar-refractivity contribution is -0.144. The lowest BCUT2D eigenvalue weighted by Crippen LogP contribution is -2.56. The molecular formula is C19H24O. The molecule has 20 heavy (non-hydrogen) atoms. The van der Waals surface area contributed by atoms with Gasteiger partial charge in [-0.05, 0) is 54.1 Å². The summed E-state index contributed by atoms with van der Waals surface area (Å²) in [7, 11) is 0. The van der Waals surface area contributed by atoms with Gasteiger partial charge in [0.05, 0.1) is 0 Å². The summed E-state index contributed by atoms with van der Waals surface area (Å²) in [5, 5.41) is 10.4. The predicted molar refractivity (Wildman–Crippen MR) is 82.0 cm³/mol.